The van der Waals surface area contributed by atoms with Gasteiger partial charge in [-0.1, -0.05) is 134 Å². The summed E-state index contributed by atoms with van der Waals surface area (Å²) in [5.74, 6) is 0. The molecule has 0 atom stereocenters. The molecule has 0 aliphatic carbocycles. The van der Waals surface area contributed by atoms with Gasteiger partial charge in [0.1, 0.15) is 0 Å². The van der Waals surface area contributed by atoms with E-state index in [1.54, 1.807) is 0 Å². The third kappa shape index (κ3) is 12.2. The molecule has 200 valence electrons. The van der Waals surface area contributed by atoms with Crippen LogP contribution in [0.2, 0.25) is 0 Å². The van der Waals surface area contributed by atoms with Crippen LogP contribution in [0.3, 0.4) is 0 Å². The Morgan fingerprint density at radius 3 is 0.750 bits per heavy atom. The summed E-state index contributed by atoms with van der Waals surface area (Å²) in [5.41, 5.74) is 0. The molecule has 0 bridgehead atoms. The van der Waals surface area contributed by atoms with E-state index in [0.29, 0.717) is 0 Å². The van der Waals surface area contributed by atoms with Crippen molar-refractivity contribution < 1.29 is 33.0 Å². The number of hydrogen-bond acceptors (Lipinski definition) is 0. The standard InChI is InChI=1S/2C15H16P.2ClH.2Ni/c2*1-2-13-16(14-9-5-3-6-10-14)15-11-7-4-8-12-15;;;;/h2*3-12H,1-2,13H2;2*1H;;/q2*-1;;;;. The molecule has 4 rings (SSSR count). The summed E-state index contributed by atoms with van der Waals surface area (Å²) in [5, 5.41) is 5.81. The van der Waals surface area contributed by atoms with Gasteiger partial charge in [-0.2, -0.15) is 12.8 Å². The van der Waals surface area contributed by atoms with Gasteiger partial charge in [0.15, 0.2) is 0 Å². The summed E-state index contributed by atoms with van der Waals surface area (Å²) < 4.78 is 0. The van der Waals surface area contributed by atoms with Crippen LogP contribution < -0.4 is 21.2 Å². The maximum absolute atomic E-state index is 3.99. The monoisotopic (exact) mass is 642 g/mol. The minimum Gasteiger partial charge on any atom is -0.343 e. The molecule has 0 saturated carbocycles. The van der Waals surface area contributed by atoms with Crippen LogP contribution >= 0.6 is 40.7 Å². The zero-order chi connectivity index (χ0) is 22.4. The molecular formula is C30H34Cl2Ni2P2-2. The molecule has 0 aliphatic heterocycles. The van der Waals surface area contributed by atoms with Crippen LogP contribution in [-0.4, -0.2) is 12.3 Å². The van der Waals surface area contributed by atoms with Crippen molar-refractivity contribution in [2.75, 3.05) is 12.3 Å². The summed E-state index contributed by atoms with van der Waals surface area (Å²) in [4.78, 5) is 0. The number of benzene rings is 4. The fourth-order valence-electron chi connectivity index (χ4n) is 3.56. The molecule has 0 spiro atoms. The van der Waals surface area contributed by atoms with Crippen molar-refractivity contribution in [2.45, 2.75) is 12.8 Å². The Morgan fingerprint density at radius 2 is 0.583 bits per heavy atom. The summed E-state index contributed by atoms with van der Waals surface area (Å²) in [6.07, 6.45) is 4.33. The summed E-state index contributed by atoms with van der Waals surface area (Å²) in [6.45, 7) is 7.99. The van der Waals surface area contributed by atoms with Gasteiger partial charge in [0.25, 0.3) is 0 Å². The molecule has 0 saturated heterocycles. The SMILES string of the molecule is Cl.Cl.[CH2-]CCP(c1ccccc1)c1ccccc1.[CH2-]CCP(c1ccccc1)c1ccccc1.[Ni].[Ni]. The van der Waals surface area contributed by atoms with Gasteiger partial charge in [-0.3, -0.25) is 0 Å². The molecule has 4 aromatic rings. The Kier molecular flexibility index (Phi) is 23.2. The zero-order valence-electron chi connectivity index (χ0n) is 20.1. The van der Waals surface area contributed by atoms with Crippen LogP contribution in [-0.2, 0) is 33.0 Å². The fraction of sp³-hybridized carbons (Fsp3) is 0.133. The molecule has 0 N–H and O–H groups in total. The van der Waals surface area contributed by atoms with Crippen molar-refractivity contribution in [2.24, 2.45) is 0 Å². The number of hydrogen-bond donors (Lipinski definition) is 0. The molecule has 6 heteroatoms. The van der Waals surface area contributed by atoms with E-state index in [9.17, 15) is 0 Å². The van der Waals surface area contributed by atoms with E-state index in [1.807, 2.05) is 0 Å². The molecule has 0 aliphatic rings. The molecule has 0 fully saturated rings. The van der Waals surface area contributed by atoms with Crippen LogP contribution in [0.25, 0.3) is 0 Å². The average Bonchev–Trinajstić information content (AvgIpc) is 2.88. The van der Waals surface area contributed by atoms with E-state index in [1.165, 1.54) is 33.5 Å². The molecule has 0 amide bonds. The van der Waals surface area contributed by atoms with Gasteiger partial charge in [-0.05, 0) is 37.1 Å². The van der Waals surface area contributed by atoms with Gasteiger partial charge < -0.3 is 13.8 Å². The Labute approximate surface area is 253 Å². The van der Waals surface area contributed by atoms with E-state index >= 15 is 0 Å². The molecule has 0 unspecified atom stereocenters. The summed E-state index contributed by atoms with van der Waals surface area (Å²) in [7, 11) is -0.427. The Hall–Kier alpha value is -0.693. The van der Waals surface area contributed by atoms with Gasteiger partial charge >= 0.3 is 0 Å². The second kappa shape index (κ2) is 22.3. The predicted octanol–water partition coefficient (Wildman–Crippen LogP) is 7.53. The smallest absolute Gasteiger partial charge is 0 e. The first-order valence-corrected chi connectivity index (χ1v) is 14.2. The van der Waals surface area contributed by atoms with E-state index in [4.69, 9.17) is 0 Å². The molecule has 0 heterocycles. The minimum absolute atomic E-state index is 0. The van der Waals surface area contributed by atoms with Crippen LogP contribution in [0, 0.1) is 13.8 Å². The maximum atomic E-state index is 3.99. The number of rotatable bonds is 8. The van der Waals surface area contributed by atoms with Crippen LogP contribution in [0.5, 0.6) is 0 Å². The zero-order valence-corrected chi connectivity index (χ0v) is 25.5. The molecule has 0 aromatic heterocycles. The van der Waals surface area contributed by atoms with Crippen molar-refractivity contribution in [3.63, 3.8) is 0 Å². The van der Waals surface area contributed by atoms with Crippen LogP contribution in [0.4, 0.5) is 0 Å². The fourth-order valence-corrected chi connectivity index (χ4v) is 7.95. The van der Waals surface area contributed by atoms with Crippen LogP contribution in [0.1, 0.15) is 12.8 Å². The largest absolute Gasteiger partial charge is 0.343 e. The summed E-state index contributed by atoms with van der Waals surface area (Å²) >= 11 is 0. The van der Waals surface area contributed by atoms with E-state index in [0.717, 1.165) is 12.8 Å². The first-order valence-electron chi connectivity index (χ1n) is 11.2. The minimum atomic E-state index is -0.213. The number of halogens is 2. The molecule has 0 radical (unpaired) electrons. The van der Waals surface area contributed by atoms with Gasteiger partial charge in [0, 0.05) is 33.0 Å². The van der Waals surface area contributed by atoms with Gasteiger partial charge in [0.2, 0.25) is 0 Å². The van der Waals surface area contributed by atoms with Gasteiger partial charge in [0.05, 0.1) is 0 Å². The molecule has 4 aromatic carbocycles. The van der Waals surface area contributed by atoms with Crippen molar-refractivity contribution in [1.29, 1.82) is 0 Å². The van der Waals surface area contributed by atoms with Crippen molar-refractivity contribution in [3.05, 3.63) is 135 Å². The van der Waals surface area contributed by atoms with Gasteiger partial charge in [-0.25, -0.2) is 0 Å². The van der Waals surface area contributed by atoms with Crippen molar-refractivity contribution >= 4 is 61.9 Å². The molecule has 36 heavy (non-hydrogen) atoms. The molecular weight excluding hydrogens is 611 g/mol. The topological polar surface area (TPSA) is 0 Å². The van der Waals surface area contributed by atoms with Crippen LogP contribution in [0.15, 0.2) is 121 Å². The average molecular weight is 645 g/mol. The molecule has 0 nitrogen and oxygen atoms in total. The van der Waals surface area contributed by atoms with E-state index in [2.05, 4.69) is 135 Å². The Morgan fingerprint density at radius 1 is 0.389 bits per heavy atom. The van der Waals surface area contributed by atoms with Gasteiger partial charge in [-0.15, -0.1) is 24.8 Å². The second-order valence-corrected chi connectivity index (χ2v) is 12.0. The van der Waals surface area contributed by atoms with Crippen molar-refractivity contribution in [3.8, 4) is 0 Å². The normalized spacial score (nSPS) is 9.44. The first-order chi connectivity index (χ1) is 15.8. The second-order valence-electron chi connectivity index (χ2n) is 7.35. The quantitative estimate of drug-likeness (QED) is 0.106. The Bertz CT molecular complexity index is 844. The van der Waals surface area contributed by atoms with E-state index < -0.39 is 0 Å². The Balaban J connectivity index is 0. The van der Waals surface area contributed by atoms with Crippen molar-refractivity contribution in [1.82, 2.24) is 0 Å². The van der Waals surface area contributed by atoms with E-state index in [-0.39, 0.29) is 73.6 Å². The maximum Gasteiger partial charge on any atom is 0 e. The first kappa shape index (κ1) is 37.5. The third-order valence-electron chi connectivity index (χ3n) is 5.03. The predicted molar refractivity (Wildman–Crippen MR) is 162 cm³/mol. The summed E-state index contributed by atoms with van der Waals surface area (Å²) in [6, 6.07) is 43.1. The third-order valence-corrected chi connectivity index (χ3v) is 10.2.